The van der Waals surface area contributed by atoms with Crippen molar-refractivity contribution in [2.45, 2.75) is 52.4 Å². The molecule has 0 saturated carbocycles. The Bertz CT molecular complexity index is 1620. The van der Waals surface area contributed by atoms with E-state index >= 15 is 0 Å². The Morgan fingerprint density at radius 2 is 0.676 bits per heavy atom. The zero-order valence-corrected chi connectivity index (χ0v) is 21.1. The van der Waals surface area contributed by atoms with E-state index < -0.39 is 0 Å². The van der Waals surface area contributed by atoms with Crippen molar-refractivity contribution in [3.63, 3.8) is 0 Å². The predicted molar refractivity (Wildman–Crippen MR) is 151 cm³/mol. The van der Waals surface area contributed by atoms with Gasteiger partial charge >= 0.3 is 0 Å². The van der Waals surface area contributed by atoms with Gasteiger partial charge in [0.1, 0.15) is 0 Å². The summed E-state index contributed by atoms with van der Waals surface area (Å²) in [5.74, 6) is 0. The van der Waals surface area contributed by atoms with Gasteiger partial charge < -0.3 is 0 Å². The summed E-state index contributed by atoms with van der Waals surface area (Å²) in [4.78, 5) is 0. The van der Waals surface area contributed by atoms with Crippen molar-refractivity contribution in [3.05, 3.63) is 96.1 Å². The summed E-state index contributed by atoms with van der Waals surface area (Å²) in [6.45, 7) is 13.8. The molecule has 0 N–H and O–H groups in total. The molecule has 6 aromatic carbocycles. The third-order valence-electron chi connectivity index (χ3n) is 7.53. The summed E-state index contributed by atoms with van der Waals surface area (Å²) in [5.41, 5.74) is 2.95. The molecule has 0 aliphatic heterocycles. The van der Waals surface area contributed by atoms with Crippen LogP contribution in [0.4, 0.5) is 0 Å². The second-order valence-electron chi connectivity index (χ2n) is 11.9. The first-order valence-corrected chi connectivity index (χ1v) is 12.4. The number of fused-ring (bicyclic) bond motifs is 11. The van der Waals surface area contributed by atoms with Gasteiger partial charge in [0.2, 0.25) is 0 Å². The van der Waals surface area contributed by atoms with E-state index in [9.17, 15) is 0 Å². The molecule has 0 aromatic heterocycles. The largest absolute Gasteiger partial charge is 0.0616 e. The minimum Gasteiger partial charge on any atom is -0.0616 e. The highest BCUT2D eigenvalue weighted by Crippen LogP contribution is 2.45. The molecule has 0 heterocycles. The molecule has 0 bridgehead atoms. The maximum atomic E-state index is 2.45. The van der Waals surface area contributed by atoms with Crippen LogP contribution >= 0.6 is 0 Å². The second-order valence-corrected chi connectivity index (χ2v) is 11.9. The lowest BCUT2D eigenvalue weighted by molar-refractivity contribution is 0.591. The van der Waals surface area contributed by atoms with Crippen LogP contribution < -0.4 is 0 Å². The van der Waals surface area contributed by atoms with E-state index in [0.29, 0.717) is 0 Å². The van der Waals surface area contributed by atoms with Crippen molar-refractivity contribution in [1.29, 1.82) is 0 Å². The van der Waals surface area contributed by atoms with Crippen LogP contribution in [0.15, 0.2) is 84.9 Å². The molecule has 6 aromatic rings. The Morgan fingerprint density at radius 3 is 1.03 bits per heavy atom. The number of hydrogen-bond donors (Lipinski definition) is 0. The Balaban J connectivity index is 1.99. The Labute approximate surface area is 202 Å². The molecule has 0 fully saturated rings. The third-order valence-corrected chi connectivity index (χ3v) is 7.53. The summed E-state index contributed by atoms with van der Waals surface area (Å²) in [7, 11) is 0. The number of benzene rings is 6. The summed E-state index contributed by atoms with van der Waals surface area (Å²) in [6, 6.07) is 32.2. The number of hydrogen-bond acceptors (Lipinski definition) is 0. The van der Waals surface area contributed by atoms with Crippen molar-refractivity contribution in [2.75, 3.05) is 0 Å². The quantitative estimate of drug-likeness (QED) is 0.206. The van der Waals surface area contributed by atoms with Crippen LogP contribution in [0.25, 0.3) is 53.9 Å². The average Bonchev–Trinajstić information content (AvgIpc) is 2.82. The Kier molecular flexibility index (Phi) is 4.40. The van der Waals surface area contributed by atoms with Gasteiger partial charge in [-0.05, 0) is 88.0 Å². The predicted octanol–water partition coefficient (Wildman–Crippen LogP) is 10.0. The first-order chi connectivity index (χ1) is 16.1. The van der Waals surface area contributed by atoms with Gasteiger partial charge in [-0.15, -0.1) is 0 Å². The standard InChI is InChI=1S/C34H32/c1-33(2,3)21-15-17-25-23-11-7-10-14-28(23)32-30-20-22(34(4,5)6)16-18-26(30)24-12-8-9-13-27(24)31(32)29(25)19-21/h7-20H,1-6H3. The van der Waals surface area contributed by atoms with E-state index in [1.165, 1.54) is 65.0 Å². The summed E-state index contributed by atoms with van der Waals surface area (Å²) < 4.78 is 0. The molecule has 0 amide bonds. The molecular formula is C34H32. The zero-order valence-electron chi connectivity index (χ0n) is 21.1. The van der Waals surface area contributed by atoms with E-state index in [1.807, 2.05) is 0 Å². The van der Waals surface area contributed by atoms with Gasteiger partial charge in [-0.1, -0.05) is 114 Å². The van der Waals surface area contributed by atoms with Crippen molar-refractivity contribution >= 4 is 53.9 Å². The maximum absolute atomic E-state index is 2.45. The minimum atomic E-state index is 0.0955. The van der Waals surface area contributed by atoms with Crippen molar-refractivity contribution < 1.29 is 0 Å². The van der Waals surface area contributed by atoms with Gasteiger partial charge in [-0.2, -0.15) is 0 Å². The summed E-state index contributed by atoms with van der Waals surface area (Å²) in [6.07, 6.45) is 0. The lowest BCUT2D eigenvalue weighted by Crippen LogP contribution is -2.11. The van der Waals surface area contributed by atoms with Crippen LogP contribution in [0.3, 0.4) is 0 Å². The minimum absolute atomic E-state index is 0.0955. The van der Waals surface area contributed by atoms with Crippen LogP contribution in [0, 0.1) is 0 Å². The molecule has 0 aliphatic carbocycles. The molecule has 0 spiro atoms. The Hall–Kier alpha value is -3.38. The average molecular weight is 441 g/mol. The van der Waals surface area contributed by atoms with Crippen molar-refractivity contribution in [3.8, 4) is 0 Å². The molecule has 0 unspecified atom stereocenters. The Morgan fingerprint density at radius 1 is 0.353 bits per heavy atom. The highest BCUT2D eigenvalue weighted by Gasteiger charge is 2.20. The first-order valence-electron chi connectivity index (χ1n) is 12.4. The molecule has 0 aliphatic rings. The fraction of sp³-hybridized carbons (Fsp3) is 0.235. The van der Waals surface area contributed by atoms with Gasteiger partial charge in [0.15, 0.2) is 0 Å². The SMILES string of the molecule is CC(C)(C)c1ccc2c3ccccc3c3c4cc(C(C)(C)C)ccc4c4ccccc4c3c2c1. The highest BCUT2D eigenvalue weighted by atomic mass is 14.2. The molecule has 6 rings (SSSR count). The first kappa shape index (κ1) is 21.2. The third kappa shape index (κ3) is 3.05. The monoisotopic (exact) mass is 440 g/mol. The lowest BCUT2D eigenvalue weighted by atomic mass is 9.81. The van der Waals surface area contributed by atoms with Crippen molar-refractivity contribution in [1.82, 2.24) is 0 Å². The van der Waals surface area contributed by atoms with E-state index in [4.69, 9.17) is 0 Å². The maximum Gasteiger partial charge on any atom is -0.00138 e. The summed E-state index contributed by atoms with van der Waals surface area (Å²) in [5, 5.41) is 13.5. The fourth-order valence-corrected chi connectivity index (χ4v) is 5.61. The molecule has 0 saturated heterocycles. The topological polar surface area (TPSA) is 0 Å². The van der Waals surface area contributed by atoms with Crippen LogP contribution in [-0.2, 0) is 10.8 Å². The van der Waals surface area contributed by atoms with E-state index in [1.54, 1.807) is 0 Å². The van der Waals surface area contributed by atoms with Gasteiger partial charge in [0, 0.05) is 0 Å². The number of rotatable bonds is 0. The smallest absolute Gasteiger partial charge is 0.00138 e. The van der Waals surface area contributed by atoms with Crippen LogP contribution in [0.5, 0.6) is 0 Å². The van der Waals surface area contributed by atoms with E-state index in [2.05, 4.69) is 126 Å². The molecule has 0 heteroatoms. The van der Waals surface area contributed by atoms with Gasteiger partial charge in [-0.25, -0.2) is 0 Å². The van der Waals surface area contributed by atoms with E-state index in [0.717, 1.165) is 0 Å². The molecule has 168 valence electrons. The van der Waals surface area contributed by atoms with Gasteiger partial charge in [-0.3, -0.25) is 0 Å². The van der Waals surface area contributed by atoms with E-state index in [-0.39, 0.29) is 10.8 Å². The normalized spacial score (nSPS) is 13.0. The van der Waals surface area contributed by atoms with Crippen LogP contribution in [-0.4, -0.2) is 0 Å². The molecule has 0 nitrogen and oxygen atoms in total. The molecular weight excluding hydrogens is 408 g/mol. The second kappa shape index (κ2) is 7.06. The van der Waals surface area contributed by atoms with Gasteiger partial charge in [0.05, 0.1) is 0 Å². The van der Waals surface area contributed by atoms with Crippen molar-refractivity contribution in [2.24, 2.45) is 0 Å². The lowest BCUT2D eigenvalue weighted by Gasteiger charge is -2.23. The molecule has 34 heavy (non-hydrogen) atoms. The summed E-state index contributed by atoms with van der Waals surface area (Å²) >= 11 is 0. The fourth-order valence-electron chi connectivity index (χ4n) is 5.61. The van der Waals surface area contributed by atoms with Crippen LogP contribution in [0.1, 0.15) is 52.7 Å². The highest BCUT2D eigenvalue weighted by molar-refractivity contribution is 6.39. The van der Waals surface area contributed by atoms with Crippen LogP contribution in [0.2, 0.25) is 0 Å². The molecule has 0 atom stereocenters. The molecule has 0 radical (unpaired) electrons. The zero-order chi connectivity index (χ0) is 23.8. The van der Waals surface area contributed by atoms with Gasteiger partial charge in [0.25, 0.3) is 0 Å².